The fourth-order valence-corrected chi connectivity index (χ4v) is 3.42. The van der Waals surface area contributed by atoms with Crippen LogP contribution in [0.3, 0.4) is 0 Å². The first kappa shape index (κ1) is 18.7. The normalized spacial score (nSPS) is 17.2. The maximum atomic E-state index is 13.1. The Morgan fingerprint density at radius 3 is 2.42 bits per heavy atom. The lowest BCUT2D eigenvalue weighted by atomic mass is 9.93. The van der Waals surface area contributed by atoms with E-state index in [0.717, 1.165) is 37.7 Å². The molecular weight excluding hydrogens is 343 g/mol. The first-order valence-corrected chi connectivity index (χ1v) is 8.78. The third-order valence-corrected chi connectivity index (χ3v) is 4.91. The number of hydrogen-bond donors (Lipinski definition) is 1. The minimum absolute atomic E-state index is 0.127. The van der Waals surface area contributed by atoms with Crippen molar-refractivity contribution < 1.29 is 13.2 Å². The molecule has 26 heavy (non-hydrogen) atoms. The van der Waals surface area contributed by atoms with Crippen LogP contribution < -0.4 is 5.73 Å². The number of likely N-dealkylation sites (tertiary alicyclic amines) is 1. The molecule has 3 heterocycles. The zero-order valence-electron chi connectivity index (χ0n) is 15.2. The largest absolute Gasteiger partial charge is 0.419 e. The molecule has 142 valence electrons. The third-order valence-electron chi connectivity index (χ3n) is 4.91. The third kappa shape index (κ3) is 3.70. The van der Waals surface area contributed by atoms with Gasteiger partial charge in [-0.2, -0.15) is 18.3 Å². The van der Waals surface area contributed by atoms with Crippen molar-refractivity contribution >= 4 is 5.82 Å². The van der Waals surface area contributed by atoms with E-state index in [1.165, 1.54) is 6.20 Å². The van der Waals surface area contributed by atoms with Gasteiger partial charge in [-0.1, -0.05) is 0 Å². The zero-order chi connectivity index (χ0) is 19.1. The fraction of sp³-hybridized carbons (Fsp3) is 0.556. The zero-order valence-corrected chi connectivity index (χ0v) is 15.2. The van der Waals surface area contributed by atoms with Crippen molar-refractivity contribution in [1.82, 2.24) is 19.7 Å². The summed E-state index contributed by atoms with van der Waals surface area (Å²) in [5.74, 6) is -0.154. The number of nitrogen functional groups attached to an aromatic ring is 1. The Labute approximate surface area is 151 Å². The molecule has 0 radical (unpaired) electrons. The molecule has 0 aromatic carbocycles. The van der Waals surface area contributed by atoms with Gasteiger partial charge in [0.2, 0.25) is 0 Å². The van der Waals surface area contributed by atoms with Gasteiger partial charge in [-0.05, 0) is 59.0 Å². The predicted octanol–water partition coefficient (Wildman–Crippen LogP) is 3.94. The summed E-state index contributed by atoms with van der Waals surface area (Å²) in [5.41, 5.74) is 6.40. The lowest BCUT2D eigenvalue weighted by molar-refractivity contribution is -0.137. The summed E-state index contributed by atoms with van der Waals surface area (Å²) in [6.07, 6.45) is -1.15. The van der Waals surface area contributed by atoms with Crippen molar-refractivity contribution in [2.24, 2.45) is 0 Å². The van der Waals surface area contributed by atoms with Crippen LogP contribution in [0.25, 0.3) is 11.3 Å². The molecule has 1 fully saturated rings. The minimum Gasteiger partial charge on any atom is -0.383 e. The van der Waals surface area contributed by atoms with Crippen molar-refractivity contribution in [3.05, 3.63) is 29.6 Å². The van der Waals surface area contributed by atoms with Gasteiger partial charge in [0, 0.05) is 29.4 Å². The van der Waals surface area contributed by atoms with Crippen LogP contribution in [0.4, 0.5) is 19.0 Å². The predicted molar refractivity (Wildman–Crippen MR) is 94.7 cm³/mol. The number of alkyl halides is 3. The molecule has 0 saturated carbocycles. The number of nitrogens with two attached hydrogens (primary N) is 1. The molecule has 5 nitrogen and oxygen atoms in total. The number of anilines is 1. The summed E-state index contributed by atoms with van der Waals surface area (Å²) in [4.78, 5) is 6.01. The van der Waals surface area contributed by atoms with Gasteiger partial charge in [-0.25, -0.2) is 4.98 Å². The van der Waals surface area contributed by atoms with Gasteiger partial charge in [0.1, 0.15) is 5.82 Å². The smallest absolute Gasteiger partial charge is 0.383 e. The molecule has 1 aliphatic heterocycles. The quantitative estimate of drug-likeness (QED) is 0.893. The first-order chi connectivity index (χ1) is 12.2. The van der Waals surface area contributed by atoms with Crippen LogP contribution in [-0.4, -0.2) is 39.8 Å². The minimum atomic E-state index is -4.54. The van der Waals surface area contributed by atoms with E-state index < -0.39 is 17.6 Å². The molecule has 1 aliphatic rings. The lowest BCUT2D eigenvalue weighted by Gasteiger charge is -2.29. The van der Waals surface area contributed by atoms with Crippen molar-refractivity contribution in [3.63, 3.8) is 0 Å². The Morgan fingerprint density at radius 2 is 1.85 bits per heavy atom. The van der Waals surface area contributed by atoms with Gasteiger partial charge in [-0.3, -0.25) is 4.68 Å². The number of pyridine rings is 1. The van der Waals surface area contributed by atoms with Crippen LogP contribution in [-0.2, 0) is 6.18 Å². The van der Waals surface area contributed by atoms with Gasteiger partial charge in [0.25, 0.3) is 0 Å². The van der Waals surface area contributed by atoms with Gasteiger partial charge >= 0.3 is 6.18 Å². The number of rotatable bonds is 3. The van der Waals surface area contributed by atoms with Crippen molar-refractivity contribution in [3.8, 4) is 11.3 Å². The summed E-state index contributed by atoms with van der Waals surface area (Å²) >= 11 is 0. The molecule has 0 unspecified atom stereocenters. The molecular formula is C18H24F3N5. The van der Waals surface area contributed by atoms with Gasteiger partial charge < -0.3 is 10.6 Å². The van der Waals surface area contributed by atoms with E-state index in [0.29, 0.717) is 17.2 Å². The Balaban J connectivity index is 2.00. The Morgan fingerprint density at radius 1 is 1.19 bits per heavy atom. The molecule has 0 aliphatic carbocycles. The number of halogens is 3. The molecule has 0 atom stereocenters. The van der Waals surface area contributed by atoms with E-state index in [2.05, 4.69) is 22.0 Å². The summed E-state index contributed by atoms with van der Waals surface area (Å²) in [7, 11) is 2.10. The maximum absolute atomic E-state index is 13.1. The number of hydrogen-bond acceptors (Lipinski definition) is 4. The van der Waals surface area contributed by atoms with E-state index in [9.17, 15) is 13.2 Å². The molecule has 0 spiro atoms. The van der Waals surface area contributed by atoms with Gasteiger partial charge in [0.05, 0.1) is 11.3 Å². The van der Waals surface area contributed by atoms with E-state index in [4.69, 9.17) is 5.73 Å². The highest BCUT2D eigenvalue weighted by molar-refractivity contribution is 5.62. The van der Waals surface area contributed by atoms with Crippen LogP contribution in [0, 0.1) is 0 Å². The van der Waals surface area contributed by atoms with E-state index in [1.54, 1.807) is 0 Å². The second kappa shape index (κ2) is 6.90. The Bertz CT molecular complexity index is 774. The summed E-state index contributed by atoms with van der Waals surface area (Å²) in [5, 5.41) is 4.58. The number of piperidine rings is 1. The monoisotopic (exact) mass is 367 g/mol. The van der Waals surface area contributed by atoms with Crippen molar-refractivity contribution in [2.75, 3.05) is 25.9 Å². The SMILES string of the molecule is CC(C)n1nc(-c2cnc(N)c(C(F)(F)F)c2)cc1C1CCN(C)CC1. The van der Waals surface area contributed by atoms with E-state index in [1.807, 2.05) is 24.6 Å². The summed E-state index contributed by atoms with van der Waals surface area (Å²) in [6.45, 7) is 6.06. The molecule has 0 amide bonds. The average molecular weight is 367 g/mol. The van der Waals surface area contributed by atoms with Crippen molar-refractivity contribution in [1.29, 1.82) is 0 Å². The molecule has 0 bridgehead atoms. The highest BCUT2D eigenvalue weighted by atomic mass is 19.4. The summed E-state index contributed by atoms with van der Waals surface area (Å²) < 4.78 is 41.3. The summed E-state index contributed by atoms with van der Waals surface area (Å²) in [6, 6.07) is 3.07. The maximum Gasteiger partial charge on any atom is 0.419 e. The van der Waals surface area contributed by atoms with E-state index >= 15 is 0 Å². The van der Waals surface area contributed by atoms with Crippen LogP contribution >= 0.6 is 0 Å². The topological polar surface area (TPSA) is 60.0 Å². The standard InChI is InChI=1S/C18H24F3N5/c1-11(2)26-16(12-4-6-25(3)7-5-12)9-15(24-26)13-8-14(18(19,20)21)17(22)23-10-13/h8-12H,4-7H2,1-3H3,(H2,22,23). The van der Waals surface area contributed by atoms with Gasteiger partial charge in [0.15, 0.2) is 0 Å². The molecule has 8 heteroatoms. The highest BCUT2D eigenvalue weighted by Gasteiger charge is 2.34. The highest BCUT2D eigenvalue weighted by Crippen LogP contribution is 2.36. The molecule has 3 rings (SSSR count). The second-order valence-corrected chi connectivity index (χ2v) is 7.22. The number of nitrogens with zero attached hydrogens (tertiary/aromatic N) is 4. The molecule has 2 N–H and O–H groups in total. The van der Waals surface area contributed by atoms with E-state index in [-0.39, 0.29) is 6.04 Å². The number of aromatic nitrogens is 3. The molecule has 2 aromatic heterocycles. The molecule has 1 saturated heterocycles. The first-order valence-electron chi connectivity index (χ1n) is 8.78. The average Bonchev–Trinajstić information content (AvgIpc) is 3.00. The van der Waals surface area contributed by atoms with Crippen LogP contribution in [0.5, 0.6) is 0 Å². The second-order valence-electron chi connectivity index (χ2n) is 7.22. The molecule has 2 aromatic rings. The van der Waals surface area contributed by atoms with Crippen molar-refractivity contribution in [2.45, 2.75) is 44.8 Å². The van der Waals surface area contributed by atoms with Gasteiger partial charge in [-0.15, -0.1) is 0 Å². The Kier molecular flexibility index (Phi) is 4.96. The lowest BCUT2D eigenvalue weighted by Crippen LogP contribution is -2.30. The Hall–Kier alpha value is -2.09. The van der Waals surface area contributed by atoms with Crippen LogP contribution in [0.2, 0.25) is 0 Å². The van der Waals surface area contributed by atoms with Crippen LogP contribution in [0.1, 0.15) is 49.9 Å². The van der Waals surface area contributed by atoms with Crippen LogP contribution in [0.15, 0.2) is 18.3 Å². The fourth-order valence-electron chi connectivity index (χ4n) is 3.42.